The van der Waals surface area contributed by atoms with Crippen LogP contribution >= 0.6 is 11.3 Å². The molecule has 2 aromatic heterocycles. The van der Waals surface area contributed by atoms with Gasteiger partial charge in [-0.25, -0.2) is 4.98 Å². The number of hydrogen-bond acceptors (Lipinski definition) is 4. The normalized spacial score (nSPS) is 10.7. The minimum absolute atomic E-state index is 0.651. The second-order valence-electron chi connectivity index (χ2n) is 4.37. The van der Waals surface area contributed by atoms with Gasteiger partial charge < -0.3 is 4.74 Å². The fraction of sp³-hybridized carbons (Fsp3) is 0.200. The van der Waals surface area contributed by atoms with Gasteiger partial charge in [0, 0.05) is 24.2 Å². The van der Waals surface area contributed by atoms with Gasteiger partial charge in [0.15, 0.2) is 0 Å². The number of ether oxygens (including phenoxy) is 1. The van der Waals surface area contributed by atoms with Crippen LogP contribution in [0.3, 0.4) is 0 Å². The Balaban J connectivity index is 1.98. The molecule has 3 aromatic rings. The Kier molecular flexibility index (Phi) is 3.52. The molecule has 0 aliphatic rings. The van der Waals surface area contributed by atoms with E-state index in [2.05, 4.69) is 10.5 Å². The lowest BCUT2D eigenvalue weighted by Gasteiger charge is -2.07. The van der Waals surface area contributed by atoms with Crippen LogP contribution in [0, 0.1) is 0 Å². The Morgan fingerprint density at radius 3 is 2.90 bits per heavy atom. The third-order valence-corrected chi connectivity index (χ3v) is 3.80. The molecule has 0 amide bonds. The average Bonchev–Trinajstić information content (AvgIpc) is 3.08. The predicted molar refractivity (Wildman–Crippen MR) is 80.9 cm³/mol. The zero-order valence-electron chi connectivity index (χ0n) is 11.4. The molecule has 0 saturated carbocycles. The maximum atomic E-state index is 5.66. The fourth-order valence-corrected chi connectivity index (χ4v) is 2.87. The number of nitrogens with zero attached hydrogens (tertiary/aromatic N) is 3. The molecule has 0 atom stereocenters. The van der Waals surface area contributed by atoms with Gasteiger partial charge in [0.2, 0.25) is 0 Å². The van der Waals surface area contributed by atoms with Gasteiger partial charge in [-0.05, 0) is 19.1 Å². The maximum absolute atomic E-state index is 5.66. The number of thiazole rings is 1. The first-order valence-corrected chi connectivity index (χ1v) is 7.32. The molecule has 0 saturated heterocycles. The van der Waals surface area contributed by atoms with E-state index < -0.39 is 0 Å². The van der Waals surface area contributed by atoms with E-state index in [1.807, 2.05) is 50.6 Å². The zero-order valence-corrected chi connectivity index (χ0v) is 12.2. The molecule has 0 aliphatic heterocycles. The minimum atomic E-state index is 0.651. The molecular formula is C15H15N3OS. The van der Waals surface area contributed by atoms with E-state index in [1.54, 1.807) is 16.0 Å². The van der Waals surface area contributed by atoms with Crippen molar-refractivity contribution in [3.63, 3.8) is 0 Å². The van der Waals surface area contributed by atoms with Crippen LogP contribution in [-0.2, 0) is 7.05 Å². The van der Waals surface area contributed by atoms with Crippen LogP contribution in [0.15, 0.2) is 42.0 Å². The first kappa shape index (κ1) is 12.9. The Hall–Kier alpha value is -2.14. The van der Waals surface area contributed by atoms with Gasteiger partial charge in [-0.1, -0.05) is 12.1 Å². The van der Waals surface area contributed by atoms with Crippen LogP contribution in [0.5, 0.6) is 5.75 Å². The molecule has 1 aromatic carbocycles. The van der Waals surface area contributed by atoms with Gasteiger partial charge in [0.05, 0.1) is 24.1 Å². The van der Waals surface area contributed by atoms with Crippen LogP contribution in [0.4, 0.5) is 0 Å². The first-order chi connectivity index (χ1) is 9.78. The van der Waals surface area contributed by atoms with E-state index in [-0.39, 0.29) is 0 Å². The van der Waals surface area contributed by atoms with Gasteiger partial charge in [0.25, 0.3) is 0 Å². The van der Waals surface area contributed by atoms with E-state index in [4.69, 9.17) is 9.72 Å². The number of hydrogen-bond donors (Lipinski definition) is 0. The Morgan fingerprint density at radius 1 is 1.30 bits per heavy atom. The summed E-state index contributed by atoms with van der Waals surface area (Å²) in [6.45, 7) is 2.64. The van der Waals surface area contributed by atoms with Crippen LogP contribution in [0.1, 0.15) is 6.92 Å². The van der Waals surface area contributed by atoms with Crippen molar-refractivity contribution in [3.05, 3.63) is 42.0 Å². The summed E-state index contributed by atoms with van der Waals surface area (Å²) in [6.07, 6.45) is 3.79. The van der Waals surface area contributed by atoms with E-state index in [1.165, 1.54) is 0 Å². The first-order valence-electron chi connectivity index (χ1n) is 6.44. The number of rotatable bonds is 4. The number of aromatic nitrogens is 3. The molecular weight excluding hydrogens is 270 g/mol. The molecule has 0 unspecified atom stereocenters. The maximum Gasteiger partial charge on any atom is 0.129 e. The van der Waals surface area contributed by atoms with Crippen molar-refractivity contribution in [1.82, 2.24) is 14.8 Å². The van der Waals surface area contributed by atoms with Crippen molar-refractivity contribution >= 4 is 11.3 Å². The summed E-state index contributed by atoms with van der Waals surface area (Å²) < 4.78 is 7.44. The van der Waals surface area contributed by atoms with Crippen molar-refractivity contribution in [3.8, 4) is 27.6 Å². The van der Waals surface area contributed by atoms with Crippen molar-refractivity contribution in [2.24, 2.45) is 7.05 Å². The van der Waals surface area contributed by atoms with Crippen LogP contribution in [0.25, 0.3) is 21.8 Å². The second-order valence-corrected chi connectivity index (χ2v) is 5.23. The van der Waals surface area contributed by atoms with E-state index in [0.29, 0.717) is 6.61 Å². The third kappa shape index (κ3) is 2.44. The SMILES string of the molecule is CCOc1ccccc1-c1nc(-c2cnn(C)c2)cs1. The lowest BCUT2D eigenvalue weighted by Crippen LogP contribution is -1.93. The lowest BCUT2D eigenvalue weighted by atomic mass is 10.2. The summed E-state index contributed by atoms with van der Waals surface area (Å²) in [5, 5.41) is 7.19. The van der Waals surface area contributed by atoms with E-state index in [0.717, 1.165) is 27.6 Å². The third-order valence-electron chi connectivity index (χ3n) is 2.92. The molecule has 0 spiro atoms. The minimum Gasteiger partial charge on any atom is -0.493 e. The highest BCUT2D eigenvalue weighted by atomic mass is 32.1. The summed E-state index contributed by atoms with van der Waals surface area (Å²) in [5.41, 5.74) is 3.02. The van der Waals surface area contributed by atoms with Crippen molar-refractivity contribution in [1.29, 1.82) is 0 Å². The largest absolute Gasteiger partial charge is 0.493 e. The molecule has 0 radical (unpaired) electrons. The highest BCUT2D eigenvalue weighted by Gasteiger charge is 2.11. The van der Waals surface area contributed by atoms with Crippen LogP contribution in [0.2, 0.25) is 0 Å². The summed E-state index contributed by atoms with van der Waals surface area (Å²) in [6, 6.07) is 7.99. The van der Waals surface area contributed by atoms with Gasteiger partial charge in [0.1, 0.15) is 10.8 Å². The highest BCUT2D eigenvalue weighted by molar-refractivity contribution is 7.13. The molecule has 20 heavy (non-hydrogen) atoms. The summed E-state index contributed by atoms with van der Waals surface area (Å²) in [5.74, 6) is 0.877. The standard InChI is InChI=1S/C15H15N3OS/c1-3-19-14-7-5-4-6-12(14)15-17-13(10-20-15)11-8-16-18(2)9-11/h4-10H,3H2,1-2H3. The van der Waals surface area contributed by atoms with Gasteiger partial charge >= 0.3 is 0 Å². The quantitative estimate of drug-likeness (QED) is 0.735. The molecule has 0 bridgehead atoms. The topological polar surface area (TPSA) is 39.9 Å². The predicted octanol–water partition coefficient (Wildman–Crippen LogP) is 3.61. The van der Waals surface area contributed by atoms with E-state index >= 15 is 0 Å². The van der Waals surface area contributed by atoms with E-state index in [9.17, 15) is 0 Å². The van der Waals surface area contributed by atoms with Gasteiger partial charge in [-0.15, -0.1) is 11.3 Å². The van der Waals surface area contributed by atoms with Crippen molar-refractivity contribution in [2.45, 2.75) is 6.92 Å². The number of para-hydroxylation sites is 1. The highest BCUT2D eigenvalue weighted by Crippen LogP contribution is 2.34. The smallest absolute Gasteiger partial charge is 0.129 e. The Bertz CT molecular complexity index is 717. The van der Waals surface area contributed by atoms with Crippen molar-refractivity contribution < 1.29 is 4.74 Å². The van der Waals surface area contributed by atoms with Crippen LogP contribution < -0.4 is 4.74 Å². The zero-order chi connectivity index (χ0) is 13.9. The Labute approximate surface area is 121 Å². The van der Waals surface area contributed by atoms with Crippen molar-refractivity contribution in [2.75, 3.05) is 6.61 Å². The fourth-order valence-electron chi connectivity index (χ4n) is 2.01. The lowest BCUT2D eigenvalue weighted by molar-refractivity contribution is 0.341. The summed E-state index contributed by atoms with van der Waals surface area (Å²) >= 11 is 1.62. The summed E-state index contributed by atoms with van der Waals surface area (Å²) in [4.78, 5) is 4.69. The monoisotopic (exact) mass is 285 g/mol. The molecule has 0 N–H and O–H groups in total. The molecule has 5 heteroatoms. The number of benzene rings is 1. The molecule has 102 valence electrons. The molecule has 0 aliphatic carbocycles. The molecule has 0 fully saturated rings. The summed E-state index contributed by atoms with van der Waals surface area (Å²) in [7, 11) is 1.90. The molecule has 4 nitrogen and oxygen atoms in total. The van der Waals surface area contributed by atoms with Crippen LogP contribution in [-0.4, -0.2) is 21.4 Å². The second kappa shape index (κ2) is 5.46. The average molecular weight is 285 g/mol. The van der Waals surface area contributed by atoms with Gasteiger partial charge in [-0.2, -0.15) is 5.10 Å². The van der Waals surface area contributed by atoms with Gasteiger partial charge in [-0.3, -0.25) is 4.68 Å². The molecule has 2 heterocycles. The Morgan fingerprint density at radius 2 is 2.15 bits per heavy atom. The number of aryl methyl sites for hydroxylation is 1. The molecule has 3 rings (SSSR count).